The standard InChI is InChI=1S/C19H29F3N4O/c1-2-9-23-18(25-11-6-17-4-3-14-27-17)24-10-5-16-7-12-26(13-8-16)15-19(20,21)22/h2-4,14,16H,1,5-13,15H2,(H2,23,24,25). The first-order valence-electron chi connectivity index (χ1n) is 9.41. The number of nitrogens with zero attached hydrogens (tertiary/aromatic N) is 2. The molecule has 5 nitrogen and oxygen atoms in total. The largest absolute Gasteiger partial charge is 0.469 e. The minimum absolute atomic E-state index is 0.432. The first-order valence-corrected chi connectivity index (χ1v) is 9.41. The normalized spacial score (nSPS) is 17.1. The van der Waals surface area contributed by atoms with E-state index in [1.807, 2.05) is 12.1 Å². The molecule has 2 heterocycles. The van der Waals surface area contributed by atoms with Crippen molar-refractivity contribution in [3.63, 3.8) is 0 Å². The van der Waals surface area contributed by atoms with Crippen molar-refractivity contribution in [1.29, 1.82) is 0 Å². The molecule has 0 bridgehead atoms. The lowest BCUT2D eigenvalue weighted by atomic mass is 9.93. The molecule has 1 fully saturated rings. The molecular formula is C19H29F3N4O. The highest BCUT2D eigenvalue weighted by Crippen LogP contribution is 2.24. The molecule has 0 aliphatic carbocycles. The molecule has 152 valence electrons. The maximum atomic E-state index is 12.4. The Labute approximate surface area is 158 Å². The van der Waals surface area contributed by atoms with Crippen molar-refractivity contribution in [3.05, 3.63) is 36.8 Å². The van der Waals surface area contributed by atoms with Crippen LogP contribution in [0.1, 0.15) is 25.0 Å². The van der Waals surface area contributed by atoms with Crippen LogP contribution >= 0.6 is 0 Å². The maximum Gasteiger partial charge on any atom is 0.401 e. The fourth-order valence-corrected chi connectivity index (χ4v) is 3.15. The average Bonchev–Trinajstić information content (AvgIpc) is 3.13. The molecule has 1 aromatic heterocycles. The van der Waals surface area contributed by atoms with Crippen LogP contribution in [0.4, 0.5) is 13.2 Å². The maximum absolute atomic E-state index is 12.4. The number of halogens is 3. The summed E-state index contributed by atoms with van der Waals surface area (Å²) in [4.78, 5) is 6.07. The summed E-state index contributed by atoms with van der Waals surface area (Å²) in [5, 5.41) is 6.44. The summed E-state index contributed by atoms with van der Waals surface area (Å²) >= 11 is 0. The Morgan fingerprint density at radius 3 is 2.74 bits per heavy atom. The highest BCUT2D eigenvalue weighted by molar-refractivity contribution is 5.79. The second-order valence-electron chi connectivity index (χ2n) is 6.78. The van der Waals surface area contributed by atoms with Crippen LogP contribution in [-0.4, -0.2) is 56.3 Å². The SMILES string of the molecule is C=CCNC(=NCCC1CCN(CC(F)(F)F)CC1)NCCc1ccco1. The number of furan rings is 1. The summed E-state index contributed by atoms with van der Waals surface area (Å²) in [6.45, 7) is 5.88. The Bertz CT molecular complexity index is 564. The highest BCUT2D eigenvalue weighted by Gasteiger charge is 2.32. The molecule has 1 aliphatic heterocycles. The molecular weight excluding hydrogens is 357 g/mol. The number of rotatable bonds is 9. The fourth-order valence-electron chi connectivity index (χ4n) is 3.15. The predicted octanol–water partition coefficient (Wildman–Crippen LogP) is 3.21. The Morgan fingerprint density at radius 2 is 2.11 bits per heavy atom. The lowest BCUT2D eigenvalue weighted by Gasteiger charge is -2.32. The van der Waals surface area contributed by atoms with E-state index < -0.39 is 12.7 Å². The molecule has 0 unspecified atom stereocenters. The summed E-state index contributed by atoms with van der Waals surface area (Å²) in [5.41, 5.74) is 0. The average molecular weight is 386 g/mol. The van der Waals surface area contributed by atoms with Gasteiger partial charge in [-0.2, -0.15) is 13.2 Å². The lowest BCUT2D eigenvalue weighted by molar-refractivity contribution is -0.148. The third-order valence-electron chi connectivity index (χ3n) is 4.58. The minimum Gasteiger partial charge on any atom is -0.469 e. The van der Waals surface area contributed by atoms with E-state index in [1.54, 1.807) is 12.3 Å². The molecule has 0 saturated carbocycles. The second kappa shape index (κ2) is 11.0. The van der Waals surface area contributed by atoms with Crippen LogP contribution in [0.25, 0.3) is 0 Å². The molecule has 8 heteroatoms. The number of alkyl halides is 3. The monoisotopic (exact) mass is 386 g/mol. The van der Waals surface area contributed by atoms with Crippen LogP contribution < -0.4 is 10.6 Å². The van der Waals surface area contributed by atoms with E-state index in [-0.39, 0.29) is 0 Å². The molecule has 2 rings (SSSR count). The van der Waals surface area contributed by atoms with Crippen LogP contribution in [0.2, 0.25) is 0 Å². The smallest absolute Gasteiger partial charge is 0.401 e. The van der Waals surface area contributed by atoms with Gasteiger partial charge in [-0.1, -0.05) is 6.08 Å². The zero-order valence-corrected chi connectivity index (χ0v) is 15.6. The first kappa shape index (κ1) is 21.3. The van der Waals surface area contributed by atoms with Gasteiger partial charge in [-0.05, 0) is 50.4 Å². The van der Waals surface area contributed by atoms with Crippen molar-refractivity contribution >= 4 is 5.96 Å². The van der Waals surface area contributed by atoms with Gasteiger partial charge in [0, 0.05) is 26.1 Å². The molecule has 2 N–H and O–H groups in total. The Kier molecular flexibility index (Phi) is 8.71. The van der Waals surface area contributed by atoms with E-state index in [2.05, 4.69) is 22.2 Å². The zero-order chi connectivity index (χ0) is 19.5. The number of aliphatic imine (C=N–C) groups is 1. The van der Waals surface area contributed by atoms with Crippen molar-refractivity contribution in [3.8, 4) is 0 Å². The van der Waals surface area contributed by atoms with Crippen LogP contribution in [-0.2, 0) is 6.42 Å². The van der Waals surface area contributed by atoms with Gasteiger partial charge in [-0.25, -0.2) is 0 Å². The molecule has 27 heavy (non-hydrogen) atoms. The Morgan fingerprint density at radius 1 is 1.33 bits per heavy atom. The number of guanidine groups is 1. The molecule has 1 saturated heterocycles. The summed E-state index contributed by atoms with van der Waals surface area (Å²) in [7, 11) is 0. The van der Waals surface area contributed by atoms with Gasteiger partial charge in [-0.15, -0.1) is 6.58 Å². The van der Waals surface area contributed by atoms with Crippen LogP contribution in [0.15, 0.2) is 40.5 Å². The number of hydrogen-bond donors (Lipinski definition) is 2. The van der Waals surface area contributed by atoms with Crippen molar-refractivity contribution in [2.75, 3.05) is 39.3 Å². The predicted molar refractivity (Wildman–Crippen MR) is 101 cm³/mol. The molecule has 0 spiro atoms. The molecule has 1 aromatic rings. The van der Waals surface area contributed by atoms with E-state index in [9.17, 15) is 13.2 Å². The van der Waals surface area contributed by atoms with Crippen molar-refractivity contribution in [2.45, 2.75) is 31.9 Å². The van der Waals surface area contributed by atoms with Gasteiger partial charge < -0.3 is 15.1 Å². The molecule has 0 amide bonds. The van der Waals surface area contributed by atoms with Crippen molar-refractivity contribution < 1.29 is 17.6 Å². The third-order valence-corrected chi connectivity index (χ3v) is 4.58. The number of nitrogens with one attached hydrogen (secondary N) is 2. The molecule has 0 atom stereocenters. The number of piperidine rings is 1. The summed E-state index contributed by atoms with van der Waals surface area (Å²) in [6.07, 6.45) is 2.56. The fraction of sp³-hybridized carbons (Fsp3) is 0.632. The van der Waals surface area contributed by atoms with Gasteiger partial charge in [0.05, 0.1) is 12.8 Å². The van der Waals surface area contributed by atoms with Crippen LogP contribution in [0.5, 0.6) is 0 Å². The molecule has 1 aliphatic rings. The van der Waals surface area contributed by atoms with Crippen LogP contribution in [0.3, 0.4) is 0 Å². The quantitative estimate of drug-likeness (QED) is 0.389. The van der Waals surface area contributed by atoms with Gasteiger partial charge in [0.1, 0.15) is 5.76 Å². The first-order chi connectivity index (χ1) is 13.0. The van der Waals surface area contributed by atoms with E-state index in [0.717, 1.165) is 37.4 Å². The van der Waals surface area contributed by atoms with E-state index in [4.69, 9.17) is 4.42 Å². The highest BCUT2D eigenvalue weighted by atomic mass is 19.4. The van der Waals surface area contributed by atoms with Gasteiger partial charge in [-0.3, -0.25) is 9.89 Å². The van der Waals surface area contributed by atoms with Crippen molar-refractivity contribution in [2.24, 2.45) is 10.9 Å². The van der Waals surface area contributed by atoms with E-state index in [0.29, 0.717) is 38.6 Å². The number of hydrogen-bond acceptors (Lipinski definition) is 3. The van der Waals surface area contributed by atoms with Gasteiger partial charge in [0.2, 0.25) is 0 Å². The zero-order valence-electron chi connectivity index (χ0n) is 15.6. The summed E-state index contributed by atoms with van der Waals surface area (Å²) in [6, 6.07) is 3.79. The van der Waals surface area contributed by atoms with E-state index in [1.165, 1.54) is 4.90 Å². The van der Waals surface area contributed by atoms with Gasteiger partial charge in [0.25, 0.3) is 0 Å². The molecule has 0 radical (unpaired) electrons. The van der Waals surface area contributed by atoms with Crippen molar-refractivity contribution in [1.82, 2.24) is 15.5 Å². The lowest BCUT2D eigenvalue weighted by Crippen LogP contribution is -2.40. The van der Waals surface area contributed by atoms with E-state index >= 15 is 0 Å². The van der Waals surface area contributed by atoms with Crippen LogP contribution in [0, 0.1) is 5.92 Å². The topological polar surface area (TPSA) is 52.8 Å². The number of likely N-dealkylation sites (tertiary alicyclic amines) is 1. The Hall–Kier alpha value is -1.96. The summed E-state index contributed by atoms with van der Waals surface area (Å²) in [5.74, 6) is 2.06. The minimum atomic E-state index is -4.11. The Balaban J connectivity index is 1.69. The third kappa shape index (κ3) is 8.99. The molecule has 0 aromatic carbocycles. The second-order valence-corrected chi connectivity index (χ2v) is 6.78. The summed E-state index contributed by atoms with van der Waals surface area (Å²) < 4.78 is 42.6. The van der Waals surface area contributed by atoms with Gasteiger partial charge >= 0.3 is 6.18 Å². The van der Waals surface area contributed by atoms with Gasteiger partial charge in [0.15, 0.2) is 5.96 Å².